The Hall–Kier alpha value is -0.620. The van der Waals surface area contributed by atoms with Crippen LogP contribution in [0.2, 0.25) is 4.34 Å². The number of thiophene rings is 1. The molecule has 0 spiro atoms. The Kier molecular flexibility index (Phi) is 5.00. The van der Waals surface area contributed by atoms with Crippen LogP contribution in [0.4, 0.5) is 0 Å². The van der Waals surface area contributed by atoms with Crippen LogP contribution in [-0.4, -0.2) is 30.8 Å². The third-order valence-electron chi connectivity index (χ3n) is 2.98. The summed E-state index contributed by atoms with van der Waals surface area (Å²) >= 11 is 7.12. The number of hydrogen-bond donors (Lipinski definition) is 2. The Labute approximate surface area is 115 Å². The van der Waals surface area contributed by atoms with Gasteiger partial charge in [0.2, 0.25) is 5.91 Å². The molecule has 0 aliphatic carbocycles. The van der Waals surface area contributed by atoms with Crippen LogP contribution < -0.4 is 5.32 Å². The lowest BCUT2D eigenvalue weighted by Crippen LogP contribution is -2.36. The highest BCUT2D eigenvalue weighted by molar-refractivity contribution is 7.16. The average molecular weight is 290 g/mol. The van der Waals surface area contributed by atoms with E-state index < -0.39 is 6.10 Å². The molecule has 0 radical (unpaired) electrons. The van der Waals surface area contributed by atoms with Gasteiger partial charge in [0.1, 0.15) is 6.10 Å². The molecular formula is C12H16ClNO3S. The van der Waals surface area contributed by atoms with Crippen molar-refractivity contribution in [3.8, 4) is 0 Å². The van der Waals surface area contributed by atoms with Crippen molar-refractivity contribution in [2.24, 2.45) is 5.92 Å². The van der Waals surface area contributed by atoms with Crippen LogP contribution in [0.3, 0.4) is 0 Å². The number of aliphatic hydroxyl groups excluding tert-OH is 1. The molecule has 1 amide bonds. The summed E-state index contributed by atoms with van der Waals surface area (Å²) in [5.74, 6) is 0.0119. The third kappa shape index (κ3) is 3.68. The van der Waals surface area contributed by atoms with Gasteiger partial charge in [0.25, 0.3) is 0 Å². The SMILES string of the molecule is O=C(NCC(O)c1ccc(Cl)s1)C1CCOCC1. The van der Waals surface area contributed by atoms with Crippen LogP contribution in [0.1, 0.15) is 23.8 Å². The van der Waals surface area contributed by atoms with E-state index in [4.69, 9.17) is 16.3 Å². The lowest BCUT2D eigenvalue weighted by Gasteiger charge is -2.21. The fraction of sp³-hybridized carbons (Fsp3) is 0.583. The molecule has 1 fully saturated rings. The van der Waals surface area contributed by atoms with Gasteiger partial charge in [-0.25, -0.2) is 0 Å². The average Bonchev–Trinajstić information content (AvgIpc) is 2.83. The van der Waals surface area contributed by atoms with Crippen molar-refractivity contribution in [3.05, 3.63) is 21.3 Å². The zero-order valence-electron chi connectivity index (χ0n) is 9.89. The topological polar surface area (TPSA) is 58.6 Å². The smallest absolute Gasteiger partial charge is 0.223 e. The van der Waals surface area contributed by atoms with E-state index in [1.165, 1.54) is 11.3 Å². The maximum Gasteiger partial charge on any atom is 0.223 e. The first-order valence-electron chi connectivity index (χ1n) is 5.95. The van der Waals surface area contributed by atoms with E-state index in [-0.39, 0.29) is 18.4 Å². The summed E-state index contributed by atoms with van der Waals surface area (Å²) in [6.45, 7) is 1.51. The highest BCUT2D eigenvalue weighted by atomic mass is 35.5. The van der Waals surface area contributed by atoms with E-state index in [2.05, 4.69) is 5.32 Å². The van der Waals surface area contributed by atoms with E-state index in [1.54, 1.807) is 12.1 Å². The van der Waals surface area contributed by atoms with Gasteiger partial charge in [-0.3, -0.25) is 4.79 Å². The molecule has 2 N–H and O–H groups in total. The molecule has 1 atom stereocenters. The number of rotatable bonds is 4. The molecule has 1 aliphatic rings. The monoisotopic (exact) mass is 289 g/mol. The molecule has 1 aliphatic heterocycles. The number of nitrogens with one attached hydrogen (secondary N) is 1. The van der Waals surface area contributed by atoms with E-state index >= 15 is 0 Å². The number of amides is 1. The molecule has 0 aromatic carbocycles. The zero-order chi connectivity index (χ0) is 13.0. The minimum Gasteiger partial charge on any atom is -0.386 e. The zero-order valence-corrected chi connectivity index (χ0v) is 11.5. The molecule has 1 aromatic rings. The van der Waals surface area contributed by atoms with Gasteiger partial charge in [0.05, 0.1) is 4.34 Å². The Morgan fingerprint density at radius 2 is 2.28 bits per heavy atom. The van der Waals surface area contributed by atoms with Gasteiger partial charge in [-0.1, -0.05) is 11.6 Å². The van der Waals surface area contributed by atoms with Crippen molar-refractivity contribution in [3.63, 3.8) is 0 Å². The molecular weight excluding hydrogens is 274 g/mol. The molecule has 1 aromatic heterocycles. The van der Waals surface area contributed by atoms with Crippen LogP contribution >= 0.6 is 22.9 Å². The number of hydrogen-bond acceptors (Lipinski definition) is 4. The summed E-state index contributed by atoms with van der Waals surface area (Å²) in [5, 5.41) is 12.7. The number of carbonyl (C=O) groups excluding carboxylic acids is 1. The van der Waals surface area contributed by atoms with Crippen LogP contribution in [0.25, 0.3) is 0 Å². The number of halogens is 1. The van der Waals surface area contributed by atoms with Crippen molar-refractivity contribution < 1.29 is 14.6 Å². The fourth-order valence-electron chi connectivity index (χ4n) is 1.91. The number of aliphatic hydroxyl groups is 1. The Morgan fingerprint density at radius 1 is 1.56 bits per heavy atom. The molecule has 0 saturated carbocycles. The fourth-order valence-corrected chi connectivity index (χ4v) is 2.96. The maximum atomic E-state index is 11.8. The van der Waals surface area contributed by atoms with Crippen molar-refractivity contribution in [2.45, 2.75) is 18.9 Å². The second kappa shape index (κ2) is 6.52. The van der Waals surface area contributed by atoms with E-state index in [0.29, 0.717) is 17.6 Å². The van der Waals surface area contributed by atoms with E-state index in [0.717, 1.165) is 17.7 Å². The number of carbonyl (C=O) groups is 1. The van der Waals surface area contributed by atoms with Crippen molar-refractivity contribution >= 4 is 28.8 Å². The van der Waals surface area contributed by atoms with Crippen molar-refractivity contribution in [1.82, 2.24) is 5.32 Å². The molecule has 1 saturated heterocycles. The molecule has 100 valence electrons. The van der Waals surface area contributed by atoms with Crippen LogP contribution in [0.5, 0.6) is 0 Å². The first-order valence-corrected chi connectivity index (χ1v) is 7.15. The van der Waals surface area contributed by atoms with Crippen LogP contribution in [0, 0.1) is 5.92 Å². The maximum absolute atomic E-state index is 11.8. The summed E-state index contributed by atoms with van der Waals surface area (Å²) in [4.78, 5) is 12.6. The van der Waals surface area contributed by atoms with Gasteiger partial charge in [0.15, 0.2) is 0 Å². The second-order valence-electron chi connectivity index (χ2n) is 4.29. The third-order valence-corrected chi connectivity index (χ3v) is 4.32. The van der Waals surface area contributed by atoms with E-state index in [1.807, 2.05) is 0 Å². The quantitative estimate of drug-likeness (QED) is 0.891. The molecule has 2 rings (SSSR count). The molecule has 0 bridgehead atoms. The second-order valence-corrected chi connectivity index (χ2v) is 6.04. The van der Waals surface area contributed by atoms with E-state index in [9.17, 15) is 9.90 Å². The predicted molar refractivity (Wildman–Crippen MR) is 70.8 cm³/mol. The lowest BCUT2D eigenvalue weighted by molar-refractivity contribution is -0.128. The normalized spacial score (nSPS) is 18.6. The molecule has 1 unspecified atom stereocenters. The van der Waals surface area contributed by atoms with Gasteiger partial charge in [0, 0.05) is 30.6 Å². The first-order chi connectivity index (χ1) is 8.66. The minimum absolute atomic E-state index is 0.00000283. The molecule has 6 heteroatoms. The number of ether oxygens (including phenoxy) is 1. The first kappa shape index (κ1) is 13.8. The summed E-state index contributed by atoms with van der Waals surface area (Å²) < 4.78 is 5.84. The molecule has 2 heterocycles. The highest BCUT2D eigenvalue weighted by Crippen LogP contribution is 2.26. The summed E-state index contributed by atoms with van der Waals surface area (Å²) in [5.41, 5.74) is 0. The van der Waals surface area contributed by atoms with Crippen molar-refractivity contribution in [2.75, 3.05) is 19.8 Å². The van der Waals surface area contributed by atoms with Crippen LogP contribution in [0.15, 0.2) is 12.1 Å². The van der Waals surface area contributed by atoms with Gasteiger partial charge >= 0.3 is 0 Å². The highest BCUT2D eigenvalue weighted by Gasteiger charge is 2.22. The Bertz CT molecular complexity index is 404. The summed E-state index contributed by atoms with van der Waals surface area (Å²) in [6.07, 6.45) is 0.825. The lowest BCUT2D eigenvalue weighted by atomic mass is 9.99. The van der Waals surface area contributed by atoms with Crippen molar-refractivity contribution in [1.29, 1.82) is 0 Å². The van der Waals surface area contributed by atoms with Crippen LogP contribution in [-0.2, 0) is 9.53 Å². The molecule has 18 heavy (non-hydrogen) atoms. The summed E-state index contributed by atoms with van der Waals surface area (Å²) in [6, 6.07) is 3.52. The standard InChI is InChI=1S/C12H16ClNO3S/c13-11-2-1-10(18-11)9(15)7-14-12(16)8-3-5-17-6-4-8/h1-2,8-9,15H,3-7H2,(H,14,16). The van der Waals surface area contributed by atoms with Gasteiger partial charge in [-0.15, -0.1) is 11.3 Å². The molecule has 4 nitrogen and oxygen atoms in total. The predicted octanol–water partition coefficient (Wildman–Crippen LogP) is 1.98. The Morgan fingerprint density at radius 3 is 2.89 bits per heavy atom. The Balaban J connectivity index is 1.78. The summed E-state index contributed by atoms with van der Waals surface area (Å²) in [7, 11) is 0. The minimum atomic E-state index is -0.689. The van der Waals surface area contributed by atoms with Gasteiger partial charge < -0.3 is 15.2 Å². The van der Waals surface area contributed by atoms with Gasteiger partial charge in [-0.05, 0) is 25.0 Å². The largest absolute Gasteiger partial charge is 0.386 e. The van der Waals surface area contributed by atoms with Gasteiger partial charge in [-0.2, -0.15) is 0 Å².